The van der Waals surface area contributed by atoms with Gasteiger partial charge in [0.1, 0.15) is 11.5 Å². The Labute approximate surface area is 190 Å². The van der Waals surface area contributed by atoms with Gasteiger partial charge in [0.15, 0.2) is 0 Å². The van der Waals surface area contributed by atoms with Crippen LogP contribution in [0.4, 0.5) is 20.2 Å². The maximum atomic E-state index is 13.0. The van der Waals surface area contributed by atoms with Gasteiger partial charge in [-0.3, -0.25) is 9.52 Å². The number of carbonyl (C=O) groups is 1. The van der Waals surface area contributed by atoms with Gasteiger partial charge in [-0.05, 0) is 42.0 Å². The summed E-state index contributed by atoms with van der Waals surface area (Å²) < 4.78 is 63.8. The third-order valence-corrected chi connectivity index (χ3v) is 5.94. The van der Waals surface area contributed by atoms with Crippen LogP contribution in [0.5, 0.6) is 11.5 Å². The zero-order chi connectivity index (χ0) is 24.0. The van der Waals surface area contributed by atoms with Crippen LogP contribution >= 0.6 is 0 Å². The molecule has 0 saturated heterocycles. The first-order valence-electron chi connectivity index (χ1n) is 9.78. The first kappa shape index (κ1) is 24.0. The average molecular weight is 477 g/mol. The Morgan fingerprint density at radius 1 is 1.00 bits per heavy atom. The third kappa shape index (κ3) is 6.42. The highest BCUT2D eigenvalue weighted by molar-refractivity contribution is 7.92. The lowest BCUT2D eigenvalue weighted by Gasteiger charge is -2.15. The SMILES string of the molecule is COc1ccc(S(=O)(=O)Nc2ccc(OC(F)F)c(Cc3ccccc3)c2)cc1NC(C)=O. The van der Waals surface area contributed by atoms with Crippen molar-refractivity contribution in [1.29, 1.82) is 0 Å². The number of benzene rings is 3. The maximum absolute atomic E-state index is 13.0. The molecule has 3 aromatic rings. The second-order valence-corrected chi connectivity index (χ2v) is 8.69. The first-order chi connectivity index (χ1) is 15.7. The predicted octanol–water partition coefficient (Wildman–Crippen LogP) is 4.65. The van der Waals surface area contributed by atoms with Crippen LogP contribution in [-0.4, -0.2) is 28.0 Å². The number of anilines is 2. The van der Waals surface area contributed by atoms with Gasteiger partial charge in [0.25, 0.3) is 10.0 Å². The summed E-state index contributed by atoms with van der Waals surface area (Å²) in [5.74, 6) is -0.145. The number of nitrogens with one attached hydrogen (secondary N) is 2. The minimum absolute atomic E-state index is 0.0470. The Hall–Kier alpha value is -3.66. The monoisotopic (exact) mass is 476 g/mol. The number of halogens is 2. The molecule has 3 aromatic carbocycles. The van der Waals surface area contributed by atoms with Crippen molar-refractivity contribution in [1.82, 2.24) is 0 Å². The van der Waals surface area contributed by atoms with E-state index in [0.29, 0.717) is 11.3 Å². The normalized spacial score (nSPS) is 11.2. The Balaban J connectivity index is 1.93. The topological polar surface area (TPSA) is 93.7 Å². The van der Waals surface area contributed by atoms with Crippen molar-refractivity contribution in [2.75, 3.05) is 17.1 Å². The van der Waals surface area contributed by atoms with E-state index in [1.807, 2.05) is 30.3 Å². The molecule has 7 nitrogen and oxygen atoms in total. The van der Waals surface area contributed by atoms with Gasteiger partial charge in [-0.1, -0.05) is 30.3 Å². The van der Waals surface area contributed by atoms with Crippen LogP contribution in [0.15, 0.2) is 71.6 Å². The van der Waals surface area contributed by atoms with Crippen molar-refractivity contribution in [3.05, 3.63) is 77.9 Å². The number of rotatable bonds is 9. The van der Waals surface area contributed by atoms with E-state index in [2.05, 4.69) is 14.8 Å². The predicted molar refractivity (Wildman–Crippen MR) is 120 cm³/mol. The molecule has 10 heteroatoms. The van der Waals surface area contributed by atoms with Crippen molar-refractivity contribution < 1.29 is 31.5 Å². The van der Waals surface area contributed by atoms with E-state index in [-0.39, 0.29) is 28.4 Å². The van der Waals surface area contributed by atoms with E-state index < -0.39 is 22.5 Å². The molecule has 0 fully saturated rings. The van der Waals surface area contributed by atoms with Crippen LogP contribution < -0.4 is 19.5 Å². The highest BCUT2D eigenvalue weighted by Gasteiger charge is 2.19. The minimum Gasteiger partial charge on any atom is -0.495 e. The molecule has 3 rings (SSSR count). The molecule has 0 atom stereocenters. The summed E-state index contributed by atoms with van der Waals surface area (Å²) in [6.45, 7) is -1.73. The molecule has 0 spiro atoms. The Kier molecular flexibility index (Phi) is 7.49. The lowest BCUT2D eigenvalue weighted by Crippen LogP contribution is -2.15. The van der Waals surface area contributed by atoms with Crippen molar-refractivity contribution >= 4 is 27.3 Å². The van der Waals surface area contributed by atoms with Gasteiger partial charge in [0.2, 0.25) is 5.91 Å². The summed E-state index contributed by atoms with van der Waals surface area (Å²) in [6.07, 6.45) is 0.258. The number of amides is 1. The maximum Gasteiger partial charge on any atom is 0.387 e. The number of hydrogen-bond acceptors (Lipinski definition) is 5. The van der Waals surface area contributed by atoms with Gasteiger partial charge in [-0.2, -0.15) is 8.78 Å². The van der Waals surface area contributed by atoms with Gasteiger partial charge < -0.3 is 14.8 Å². The summed E-state index contributed by atoms with van der Waals surface area (Å²) in [5, 5.41) is 2.52. The number of sulfonamides is 1. The highest BCUT2D eigenvalue weighted by atomic mass is 32.2. The zero-order valence-electron chi connectivity index (χ0n) is 17.8. The smallest absolute Gasteiger partial charge is 0.387 e. The van der Waals surface area contributed by atoms with Crippen molar-refractivity contribution in [3.63, 3.8) is 0 Å². The van der Waals surface area contributed by atoms with E-state index in [1.165, 1.54) is 50.4 Å². The fourth-order valence-electron chi connectivity index (χ4n) is 3.16. The van der Waals surface area contributed by atoms with Crippen LogP contribution in [-0.2, 0) is 21.2 Å². The quantitative estimate of drug-likeness (QED) is 0.469. The molecule has 2 N–H and O–H groups in total. The van der Waals surface area contributed by atoms with Gasteiger partial charge >= 0.3 is 6.61 Å². The van der Waals surface area contributed by atoms with Crippen LogP contribution in [0.2, 0.25) is 0 Å². The largest absolute Gasteiger partial charge is 0.495 e. The van der Waals surface area contributed by atoms with Crippen LogP contribution in [0.25, 0.3) is 0 Å². The number of alkyl halides is 2. The second kappa shape index (κ2) is 10.3. The van der Waals surface area contributed by atoms with Gasteiger partial charge in [0.05, 0.1) is 17.7 Å². The summed E-state index contributed by atoms with van der Waals surface area (Å²) in [6, 6.07) is 17.2. The van der Waals surface area contributed by atoms with Crippen molar-refractivity contribution in [2.45, 2.75) is 24.9 Å². The zero-order valence-corrected chi connectivity index (χ0v) is 18.7. The summed E-state index contributed by atoms with van der Waals surface area (Å²) in [5.41, 5.74) is 1.58. The second-order valence-electron chi connectivity index (χ2n) is 7.01. The molecule has 0 aliphatic heterocycles. The Bertz CT molecular complexity index is 1230. The first-order valence-corrected chi connectivity index (χ1v) is 11.3. The lowest BCUT2D eigenvalue weighted by atomic mass is 10.0. The van der Waals surface area contributed by atoms with Crippen LogP contribution in [0.1, 0.15) is 18.1 Å². The van der Waals surface area contributed by atoms with Gasteiger partial charge in [-0.25, -0.2) is 8.42 Å². The summed E-state index contributed by atoms with van der Waals surface area (Å²) in [4.78, 5) is 11.3. The molecule has 0 aromatic heterocycles. The van der Waals surface area contributed by atoms with Crippen molar-refractivity contribution in [3.8, 4) is 11.5 Å². The summed E-state index contributed by atoms with van der Waals surface area (Å²) in [7, 11) is -2.67. The fraction of sp³-hybridized carbons (Fsp3) is 0.174. The van der Waals surface area contributed by atoms with Crippen molar-refractivity contribution in [2.24, 2.45) is 0 Å². The molecular weight excluding hydrogens is 454 g/mol. The molecular formula is C23H22F2N2O5S. The molecule has 174 valence electrons. The number of ether oxygens (including phenoxy) is 2. The van der Waals surface area contributed by atoms with E-state index >= 15 is 0 Å². The number of hydrogen-bond donors (Lipinski definition) is 2. The van der Waals surface area contributed by atoms with Crippen LogP contribution in [0, 0.1) is 0 Å². The molecule has 33 heavy (non-hydrogen) atoms. The van der Waals surface area contributed by atoms with E-state index in [1.54, 1.807) is 0 Å². The fourth-order valence-corrected chi connectivity index (χ4v) is 4.24. The number of carbonyl (C=O) groups excluding carboxylic acids is 1. The Morgan fingerprint density at radius 3 is 2.33 bits per heavy atom. The number of methoxy groups -OCH3 is 1. The van der Waals surface area contributed by atoms with E-state index in [4.69, 9.17) is 4.74 Å². The summed E-state index contributed by atoms with van der Waals surface area (Å²) >= 11 is 0. The standard InChI is InChI=1S/C23H22F2N2O5S/c1-15(28)26-20-14-19(9-11-22(20)31-2)33(29,30)27-18-8-10-21(32-23(24)25)17(13-18)12-16-6-4-3-5-7-16/h3-11,13-14,23,27H,12H2,1-2H3,(H,26,28). The molecule has 0 aliphatic rings. The molecule has 0 saturated carbocycles. The van der Waals surface area contributed by atoms with Gasteiger partial charge in [-0.15, -0.1) is 0 Å². The Morgan fingerprint density at radius 2 is 1.70 bits per heavy atom. The molecule has 0 radical (unpaired) electrons. The van der Waals surface area contributed by atoms with E-state index in [9.17, 15) is 22.0 Å². The lowest BCUT2D eigenvalue weighted by molar-refractivity contribution is -0.114. The van der Waals surface area contributed by atoms with Gasteiger partial charge in [0, 0.05) is 24.6 Å². The third-order valence-electron chi connectivity index (χ3n) is 4.56. The molecule has 0 unspecified atom stereocenters. The molecule has 0 bridgehead atoms. The van der Waals surface area contributed by atoms with Crippen LogP contribution in [0.3, 0.4) is 0 Å². The molecule has 0 heterocycles. The highest BCUT2D eigenvalue weighted by Crippen LogP contribution is 2.31. The minimum atomic E-state index is -4.07. The average Bonchev–Trinajstić information content (AvgIpc) is 2.75. The van der Waals surface area contributed by atoms with E-state index in [0.717, 1.165) is 5.56 Å². The molecule has 1 amide bonds. The molecule has 0 aliphatic carbocycles.